The molecule has 0 saturated heterocycles. The fourth-order valence-corrected chi connectivity index (χ4v) is 3.36. The van der Waals surface area contributed by atoms with Crippen molar-refractivity contribution < 1.29 is 19.8 Å². The van der Waals surface area contributed by atoms with Crippen molar-refractivity contribution in [2.24, 2.45) is 0 Å². The number of halogens is 1. The molecule has 0 aromatic heterocycles. The van der Waals surface area contributed by atoms with Gasteiger partial charge in [0.05, 0.1) is 0 Å². The van der Waals surface area contributed by atoms with Crippen molar-refractivity contribution in [3.05, 3.63) is 99.6 Å². The SMILES string of the molecule is O=C(/C=C1\c2ccccc2C(=O)c2ccc(Cl)cc21)c1ccc(O)c(O)c1. The third-order valence-corrected chi connectivity index (χ3v) is 4.75. The molecule has 132 valence electrons. The predicted octanol–water partition coefficient (Wildman–Crippen LogP) is 4.61. The van der Waals surface area contributed by atoms with Gasteiger partial charge in [-0.15, -0.1) is 0 Å². The van der Waals surface area contributed by atoms with Crippen LogP contribution in [-0.2, 0) is 0 Å². The van der Waals surface area contributed by atoms with E-state index in [-0.39, 0.29) is 28.6 Å². The second-order valence-corrected chi connectivity index (χ2v) is 6.63. The zero-order valence-corrected chi connectivity index (χ0v) is 14.7. The average molecular weight is 377 g/mol. The molecular weight excluding hydrogens is 364 g/mol. The highest BCUT2D eigenvalue weighted by molar-refractivity contribution is 6.31. The summed E-state index contributed by atoms with van der Waals surface area (Å²) in [4.78, 5) is 25.6. The highest BCUT2D eigenvalue weighted by Crippen LogP contribution is 2.37. The van der Waals surface area contributed by atoms with Crippen LogP contribution in [-0.4, -0.2) is 21.8 Å². The summed E-state index contributed by atoms with van der Waals surface area (Å²) in [6, 6.07) is 15.9. The Hall–Kier alpha value is -3.37. The van der Waals surface area contributed by atoms with Crippen LogP contribution in [0.2, 0.25) is 5.02 Å². The standard InChI is InChI=1S/C22H13ClO4/c23-13-6-7-16-17(10-13)18(14-3-1-2-4-15(14)22(16)27)11-20(25)12-5-8-19(24)21(26)9-12/h1-11,24,26H/b18-11+. The first-order valence-electron chi connectivity index (χ1n) is 8.18. The molecule has 0 fully saturated rings. The summed E-state index contributed by atoms with van der Waals surface area (Å²) >= 11 is 6.12. The number of ketones is 2. The predicted molar refractivity (Wildman–Crippen MR) is 103 cm³/mol. The summed E-state index contributed by atoms with van der Waals surface area (Å²) < 4.78 is 0. The minimum Gasteiger partial charge on any atom is -0.504 e. The lowest BCUT2D eigenvalue weighted by molar-refractivity contribution is 0.103. The van der Waals surface area contributed by atoms with Crippen molar-refractivity contribution in [3.63, 3.8) is 0 Å². The number of rotatable bonds is 2. The van der Waals surface area contributed by atoms with Crippen molar-refractivity contribution in [3.8, 4) is 11.5 Å². The van der Waals surface area contributed by atoms with E-state index in [0.717, 1.165) is 0 Å². The quantitative estimate of drug-likeness (QED) is 0.304. The van der Waals surface area contributed by atoms with E-state index in [1.54, 1.807) is 42.5 Å². The molecule has 4 nitrogen and oxygen atoms in total. The van der Waals surface area contributed by atoms with Crippen LogP contribution in [0.1, 0.15) is 37.4 Å². The van der Waals surface area contributed by atoms with Gasteiger partial charge in [0.2, 0.25) is 0 Å². The number of hydrogen-bond acceptors (Lipinski definition) is 4. The van der Waals surface area contributed by atoms with Crippen molar-refractivity contribution in [2.45, 2.75) is 0 Å². The van der Waals surface area contributed by atoms with E-state index in [1.807, 2.05) is 0 Å². The second-order valence-electron chi connectivity index (χ2n) is 6.19. The number of carbonyl (C=O) groups is 2. The highest BCUT2D eigenvalue weighted by Gasteiger charge is 2.27. The smallest absolute Gasteiger partial charge is 0.194 e. The molecule has 4 rings (SSSR count). The van der Waals surface area contributed by atoms with Gasteiger partial charge in [-0.2, -0.15) is 0 Å². The summed E-state index contributed by atoms with van der Waals surface area (Å²) in [7, 11) is 0. The number of allylic oxidation sites excluding steroid dienone is 1. The van der Waals surface area contributed by atoms with Crippen LogP contribution < -0.4 is 0 Å². The summed E-state index contributed by atoms with van der Waals surface area (Å²) in [6.45, 7) is 0. The summed E-state index contributed by atoms with van der Waals surface area (Å²) in [5.74, 6) is -1.16. The molecule has 0 saturated carbocycles. The Balaban J connectivity index is 1.91. The first-order chi connectivity index (χ1) is 13.0. The molecule has 0 unspecified atom stereocenters. The fourth-order valence-electron chi connectivity index (χ4n) is 3.19. The van der Waals surface area contributed by atoms with E-state index in [0.29, 0.717) is 32.8 Å². The minimum atomic E-state index is -0.373. The van der Waals surface area contributed by atoms with Crippen LogP contribution in [0.15, 0.2) is 66.7 Å². The van der Waals surface area contributed by atoms with Gasteiger partial charge in [-0.1, -0.05) is 35.9 Å². The molecule has 3 aromatic carbocycles. The Morgan fingerprint density at radius 2 is 1.52 bits per heavy atom. The van der Waals surface area contributed by atoms with Crippen molar-refractivity contribution in [1.29, 1.82) is 0 Å². The number of phenols is 2. The van der Waals surface area contributed by atoms with Gasteiger partial charge in [0, 0.05) is 21.7 Å². The van der Waals surface area contributed by atoms with E-state index in [4.69, 9.17) is 11.6 Å². The number of benzene rings is 3. The Bertz CT molecular complexity index is 1140. The Kier molecular flexibility index (Phi) is 4.05. The number of fused-ring (bicyclic) bond motifs is 2. The third-order valence-electron chi connectivity index (χ3n) is 4.51. The van der Waals surface area contributed by atoms with Crippen LogP contribution in [0.4, 0.5) is 0 Å². The molecule has 0 spiro atoms. The van der Waals surface area contributed by atoms with Crippen LogP contribution in [0.5, 0.6) is 11.5 Å². The van der Waals surface area contributed by atoms with Crippen molar-refractivity contribution in [2.75, 3.05) is 0 Å². The van der Waals surface area contributed by atoms with Crippen LogP contribution in [0.25, 0.3) is 5.57 Å². The molecule has 0 amide bonds. The minimum absolute atomic E-state index is 0.121. The average Bonchev–Trinajstić information content (AvgIpc) is 2.67. The lowest BCUT2D eigenvalue weighted by Crippen LogP contribution is -2.15. The maximum Gasteiger partial charge on any atom is 0.194 e. The molecule has 0 atom stereocenters. The van der Waals surface area contributed by atoms with Crippen LogP contribution in [0, 0.1) is 0 Å². The Morgan fingerprint density at radius 1 is 0.815 bits per heavy atom. The number of hydrogen-bond donors (Lipinski definition) is 2. The second kappa shape index (κ2) is 6.41. The molecule has 0 radical (unpaired) electrons. The number of phenolic OH excluding ortho intramolecular Hbond substituents is 2. The number of carbonyl (C=O) groups excluding carboxylic acids is 2. The zero-order chi connectivity index (χ0) is 19.1. The van der Waals surface area contributed by atoms with Crippen molar-refractivity contribution in [1.82, 2.24) is 0 Å². The van der Waals surface area contributed by atoms with Gasteiger partial charge in [-0.25, -0.2) is 0 Å². The van der Waals surface area contributed by atoms with Gasteiger partial charge in [-0.3, -0.25) is 9.59 Å². The maximum absolute atomic E-state index is 12.8. The van der Waals surface area contributed by atoms with Gasteiger partial charge >= 0.3 is 0 Å². The first-order valence-corrected chi connectivity index (χ1v) is 8.55. The molecule has 1 aliphatic rings. The first kappa shape index (κ1) is 17.1. The van der Waals surface area contributed by atoms with Gasteiger partial charge in [-0.05, 0) is 59.2 Å². The monoisotopic (exact) mass is 376 g/mol. The van der Waals surface area contributed by atoms with Crippen molar-refractivity contribution >= 4 is 28.7 Å². The maximum atomic E-state index is 12.8. The fraction of sp³-hybridized carbons (Fsp3) is 0. The highest BCUT2D eigenvalue weighted by atomic mass is 35.5. The molecule has 27 heavy (non-hydrogen) atoms. The van der Waals surface area contributed by atoms with E-state index in [2.05, 4.69) is 0 Å². The lowest BCUT2D eigenvalue weighted by Gasteiger charge is -2.21. The van der Waals surface area contributed by atoms with Gasteiger partial charge < -0.3 is 10.2 Å². The van der Waals surface area contributed by atoms with Gasteiger partial charge in [0.15, 0.2) is 23.1 Å². The van der Waals surface area contributed by atoms with E-state index in [1.165, 1.54) is 24.3 Å². The zero-order valence-electron chi connectivity index (χ0n) is 13.9. The normalized spacial score (nSPS) is 14.0. The molecule has 0 aliphatic heterocycles. The van der Waals surface area contributed by atoms with E-state index < -0.39 is 0 Å². The molecule has 1 aliphatic carbocycles. The number of aromatic hydroxyl groups is 2. The molecule has 3 aromatic rings. The molecular formula is C22H13ClO4. The Labute approximate surface area is 160 Å². The van der Waals surface area contributed by atoms with Crippen LogP contribution in [0.3, 0.4) is 0 Å². The van der Waals surface area contributed by atoms with Gasteiger partial charge in [0.1, 0.15) is 0 Å². The van der Waals surface area contributed by atoms with E-state index in [9.17, 15) is 19.8 Å². The largest absolute Gasteiger partial charge is 0.504 e. The van der Waals surface area contributed by atoms with E-state index >= 15 is 0 Å². The Morgan fingerprint density at radius 3 is 2.26 bits per heavy atom. The topological polar surface area (TPSA) is 74.6 Å². The molecule has 2 N–H and O–H groups in total. The molecule has 0 heterocycles. The lowest BCUT2D eigenvalue weighted by atomic mass is 9.80. The van der Waals surface area contributed by atoms with Crippen LogP contribution >= 0.6 is 11.6 Å². The summed E-state index contributed by atoms with van der Waals surface area (Å²) in [5, 5.41) is 19.6. The molecule has 0 bridgehead atoms. The summed E-state index contributed by atoms with van der Waals surface area (Å²) in [6.07, 6.45) is 1.42. The summed E-state index contributed by atoms with van der Waals surface area (Å²) in [5.41, 5.74) is 3.03. The van der Waals surface area contributed by atoms with Gasteiger partial charge in [0.25, 0.3) is 0 Å². The third kappa shape index (κ3) is 2.90. The molecule has 5 heteroatoms.